The zero-order valence-corrected chi connectivity index (χ0v) is 13.1. The first kappa shape index (κ1) is 17.1. The fourth-order valence-electron chi connectivity index (χ4n) is 1.74. The molecular weight excluding hydrogens is 342 g/mol. The van der Waals surface area contributed by atoms with Crippen molar-refractivity contribution < 1.29 is 20.3 Å². The number of anilines is 1. The summed E-state index contributed by atoms with van der Waals surface area (Å²) in [4.78, 5) is 12.0. The van der Waals surface area contributed by atoms with Crippen molar-refractivity contribution in [2.75, 3.05) is 5.32 Å². The number of carbonyl (C=O) groups is 1. The Kier molecular flexibility index (Phi) is 5.48. The standard InChI is InChI=1S/C14H12ClN3O4S/c15-10-6-9(18(21)22)7-11(12(10)19)16-14(23)17-13(20)8-4-2-1-3-5-8/h1-7,18-19,21H,(H2,16,17,20,23). The van der Waals surface area contributed by atoms with Crippen molar-refractivity contribution in [3.05, 3.63) is 58.3 Å². The molecule has 1 unspecified atom stereocenters. The molecule has 0 aliphatic heterocycles. The van der Waals surface area contributed by atoms with E-state index in [-0.39, 0.29) is 27.3 Å². The third-order valence-electron chi connectivity index (χ3n) is 2.82. The van der Waals surface area contributed by atoms with Gasteiger partial charge in [-0.3, -0.25) is 10.1 Å². The maximum atomic E-state index is 12.0. The summed E-state index contributed by atoms with van der Waals surface area (Å²) in [5, 5.41) is 33.3. The molecule has 0 aliphatic carbocycles. The van der Waals surface area contributed by atoms with Gasteiger partial charge in [-0.2, -0.15) is 5.23 Å². The van der Waals surface area contributed by atoms with Gasteiger partial charge >= 0.3 is 0 Å². The first-order chi connectivity index (χ1) is 10.9. The highest BCUT2D eigenvalue weighted by atomic mass is 35.5. The number of benzene rings is 2. The predicted octanol–water partition coefficient (Wildman–Crippen LogP) is 1.58. The molecule has 0 aliphatic rings. The van der Waals surface area contributed by atoms with Crippen LogP contribution in [0.3, 0.4) is 0 Å². The van der Waals surface area contributed by atoms with E-state index in [1.54, 1.807) is 30.3 Å². The van der Waals surface area contributed by atoms with Crippen molar-refractivity contribution in [1.29, 1.82) is 0 Å². The Morgan fingerprint density at radius 1 is 1.26 bits per heavy atom. The molecule has 0 saturated carbocycles. The molecule has 5 N–H and O–H groups in total. The lowest BCUT2D eigenvalue weighted by Crippen LogP contribution is -2.99. The Balaban J connectivity index is 2.13. The number of hydrogen-bond donors (Lipinski definition) is 5. The van der Waals surface area contributed by atoms with Crippen LogP contribution in [-0.4, -0.2) is 21.3 Å². The number of halogens is 1. The summed E-state index contributed by atoms with van der Waals surface area (Å²) in [7, 11) is 0. The van der Waals surface area contributed by atoms with Crippen LogP contribution in [0, 0.1) is 5.21 Å². The fraction of sp³-hybridized carbons (Fsp3) is 0. The van der Waals surface area contributed by atoms with E-state index in [4.69, 9.17) is 29.0 Å². The molecule has 9 heteroatoms. The van der Waals surface area contributed by atoms with Gasteiger partial charge in [0.15, 0.2) is 16.5 Å². The highest BCUT2D eigenvalue weighted by molar-refractivity contribution is 7.80. The van der Waals surface area contributed by atoms with Crippen LogP contribution in [0.15, 0.2) is 42.5 Å². The third kappa shape index (κ3) is 4.38. The average molecular weight is 354 g/mol. The minimum Gasteiger partial charge on any atom is -0.595 e. The van der Waals surface area contributed by atoms with Gasteiger partial charge in [-0.25, -0.2) is 5.21 Å². The van der Waals surface area contributed by atoms with Gasteiger partial charge in [0.1, 0.15) is 0 Å². The Bertz CT molecular complexity index is 740. The van der Waals surface area contributed by atoms with Crippen LogP contribution < -0.4 is 15.9 Å². The molecule has 0 heterocycles. The molecule has 2 aromatic carbocycles. The van der Waals surface area contributed by atoms with Crippen LogP contribution in [0.1, 0.15) is 10.4 Å². The predicted molar refractivity (Wildman–Crippen MR) is 89.0 cm³/mol. The Labute approximate surface area is 141 Å². The molecule has 0 radical (unpaired) electrons. The first-order valence-electron chi connectivity index (χ1n) is 6.31. The Hall–Kier alpha value is -2.23. The number of phenols is 1. The van der Waals surface area contributed by atoms with Gasteiger partial charge in [0.25, 0.3) is 5.91 Å². The molecule has 0 bridgehead atoms. The zero-order chi connectivity index (χ0) is 17.0. The van der Waals surface area contributed by atoms with E-state index in [2.05, 4.69) is 10.6 Å². The topological polar surface area (TPSA) is 109 Å². The summed E-state index contributed by atoms with van der Waals surface area (Å²) >= 11 is 10.7. The van der Waals surface area contributed by atoms with Crippen molar-refractivity contribution in [3.8, 4) is 5.75 Å². The van der Waals surface area contributed by atoms with Gasteiger partial charge < -0.3 is 15.6 Å². The summed E-state index contributed by atoms with van der Waals surface area (Å²) in [6.07, 6.45) is 0. The van der Waals surface area contributed by atoms with Crippen LogP contribution in [0.2, 0.25) is 5.02 Å². The van der Waals surface area contributed by atoms with Crippen molar-refractivity contribution in [3.63, 3.8) is 0 Å². The van der Waals surface area contributed by atoms with Crippen molar-refractivity contribution in [1.82, 2.24) is 5.32 Å². The highest BCUT2D eigenvalue weighted by Gasteiger charge is 2.14. The second-order valence-electron chi connectivity index (χ2n) is 4.43. The number of hydrogen-bond acceptors (Lipinski definition) is 5. The van der Waals surface area contributed by atoms with Crippen LogP contribution in [-0.2, 0) is 0 Å². The zero-order valence-electron chi connectivity index (χ0n) is 11.5. The number of rotatable bonds is 3. The Morgan fingerprint density at radius 2 is 1.91 bits per heavy atom. The smallest absolute Gasteiger partial charge is 0.257 e. The van der Waals surface area contributed by atoms with E-state index in [0.717, 1.165) is 12.1 Å². The maximum absolute atomic E-state index is 12.0. The maximum Gasteiger partial charge on any atom is 0.257 e. The van der Waals surface area contributed by atoms with Crippen LogP contribution in [0.4, 0.5) is 11.4 Å². The summed E-state index contributed by atoms with van der Waals surface area (Å²) < 4.78 is 0. The average Bonchev–Trinajstić information content (AvgIpc) is 2.52. The molecule has 0 aromatic heterocycles. The number of aromatic hydroxyl groups is 1. The number of phenolic OH excluding ortho intramolecular Hbond substituents is 1. The molecule has 2 aromatic rings. The minimum absolute atomic E-state index is 0.0201. The molecule has 23 heavy (non-hydrogen) atoms. The second-order valence-corrected chi connectivity index (χ2v) is 5.25. The molecule has 0 fully saturated rings. The number of thiocarbonyl (C=S) groups is 1. The van der Waals surface area contributed by atoms with E-state index in [1.165, 1.54) is 0 Å². The largest absolute Gasteiger partial charge is 0.595 e. The normalized spacial score (nSPS) is 11.6. The van der Waals surface area contributed by atoms with E-state index in [9.17, 15) is 15.1 Å². The van der Waals surface area contributed by atoms with Gasteiger partial charge in [-0.15, -0.1) is 0 Å². The summed E-state index contributed by atoms with van der Waals surface area (Å²) in [6, 6.07) is 10.7. The molecular formula is C14H12ClN3O4S. The van der Waals surface area contributed by atoms with Crippen LogP contribution in [0.25, 0.3) is 0 Å². The van der Waals surface area contributed by atoms with E-state index >= 15 is 0 Å². The fourth-order valence-corrected chi connectivity index (χ4v) is 2.16. The minimum atomic E-state index is -1.21. The van der Waals surface area contributed by atoms with E-state index in [1.807, 2.05) is 0 Å². The molecule has 1 atom stereocenters. The quantitative estimate of drug-likeness (QED) is 0.248. The molecule has 120 valence electrons. The van der Waals surface area contributed by atoms with Crippen LogP contribution in [0.5, 0.6) is 5.75 Å². The van der Waals surface area contributed by atoms with Gasteiger partial charge in [-0.05, 0) is 24.4 Å². The summed E-state index contributed by atoms with van der Waals surface area (Å²) in [5.74, 6) is -0.809. The van der Waals surface area contributed by atoms with E-state index < -0.39 is 11.1 Å². The number of quaternary nitrogens is 1. The highest BCUT2D eigenvalue weighted by Crippen LogP contribution is 2.34. The van der Waals surface area contributed by atoms with Gasteiger partial charge in [0.2, 0.25) is 0 Å². The van der Waals surface area contributed by atoms with Crippen molar-refractivity contribution in [2.24, 2.45) is 0 Å². The summed E-state index contributed by atoms with van der Waals surface area (Å²) in [6.45, 7) is 0. The molecule has 7 nitrogen and oxygen atoms in total. The molecule has 0 spiro atoms. The number of amides is 1. The SMILES string of the molecule is O=C(NC(=S)Nc1cc([NH+]([O-])O)cc(Cl)c1O)c1ccccc1. The number of carbonyl (C=O) groups excluding carboxylic acids is 1. The lowest BCUT2D eigenvalue weighted by atomic mass is 10.2. The lowest BCUT2D eigenvalue weighted by molar-refractivity contribution is -0.991. The van der Waals surface area contributed by atoms with Gasteiger partial charge in [0.05, 0.1) is 10.7 Å². The summed E-state index contributed by atoms with van der Waals surface area (Å²) in [5.41, 5.74) is 0.249. The third-order valence-corrected chi connectivity index (χ3v) is 3.31. The lowest BCUT2D eigenvalue weighted by Gasteiger charge is -2.16. The molecule has 0 saturated heterocycles. The second kappa shape index (κ2) is 7.36. The molecule has 2 rings (SSSR count). The monoisotopic (exact) mass is 353 g/mol. The molecule has 1 amide bonds. The van der Waals surface area contributed by atoms with Gasteiger partial charge in [-0.1, -0.05) is 29.8 Å². The first-order valence-corrected chi connectivity index (χ1v) is 7.10. The van der Waals surface area contributed by atoms with Crippen LogP contribution >= 0.6 is 23.8 Å². The Morgan fingerprint density at radius 3 is 2.52 bits per heavy atom. The van der Waals surface area contributed by atoms with Crippen molar-refractivity contribution in [2.45, 2.75) is 0 Å². The number of nitrogens with one attached hydrogen (secondary N) is 3. The van der Waals surface area contributed by atoms with E-state index in [0.29, 0.717) is 5.56 Å². The van der Waals surface area contributed by atoms with Crippen molar-refractivity contribution >= 4 is 46.2 Å². The van der Waals surface area contributed by atoms with Gasteiger partial charge in [0, 0.05) is 17.7 Å².